The summed E-state index contributed by atoms with van der Waals surface area (Å²) in [6, 6.07) is 0. The topological polar surface area (TPSA) is 38.8 Å². The maximum absolute atomic E-state index is 11.2. The number of hydrogen-bond donors (Lipinski definition) is 0. The maximum Gasteiger partial charge on any atom is 0.508 e. The number of rotatable bonds is 6. The lowest BCUT2D eigenvalue weighted by molar-refractivity contribution is 0.0286. The first-order valence-corrected chi connectivity index (χ1v) is 5.91. The normalized spacial score (nSPS) is 11.6. The van der Waals surface area contributed by atoms with Crippen molar-refractivity contribution in [2.24, 2.45) is 5.41 Å². The Hall–Kier alpha value is -0.770. The van der Waals surface area contributed by atoms with Gasteiger partial charge < -0.3 is 14.4 Å². The van der Waals surface area contributed by atoms with Crippen LogP contribution in [0.2, 0.25) is 0 Å². The quantitative estimate of drug-likeness (QED) is 0.658. The van der Waals surface area contributed by atoms with Gasteiger partial charge in [-0.3, -0.25) is 0 Å². The van der Waals surface area contributed by atoms with Crippen LogP contribution in [0.5, 0.6) is 0 Å². The van der Waals surface area contributed by atoms with Gasteiger partial charge in [0.1, 0.15) is 6.61 Å². The minimum absolute atomic E-state index is 0.0160. The zero-order valence-corrected chi connectivity index (χ0v) is 11.2. The molecule has 0 aliphatic carbocycles. The van der Waals surface area contributed by atoms with Gasteiger partial charge in [0.2, 0.25) is 0 Å². The molecule has 0 spiro atoms. The average molecular weight is 231 g/mol. The van der Waals surface area contributed by atoms with E-state index in [0.717, 1.165) is 19.6 Å². The van der Waals surface area contributed by atoms with Crippen LogP contribution in [-0.4, -0.2) is 43.9 Å². The maximum atomic E-state index is 11.2. The van der Waals surface area contributed by atoms with E-state index in [0.29, 0.717) is 13.2 Å². The summed E-state index contributed by atoms with van der Waals surface area (Å²) in [5.41, 5.74) is -0.0160. The molecule has 0 saturated heterocycles. The van der Waals surface area contributed by atoms with Crippen molar-refractivity contribution in [1.29, 1.82) is 0 Å². The highest BCUT2D eigenvalue weighted by Crippen LogP contribution is 2.13. The SMILES string of the molecule is CCN(CC)CCOC(=O)OCC(C)(C)C. The number of likely N-dealkylation sites (N-methyl/N-ethyl adjacent to an activating group) is 1. The molecule has 0 bridgehead atoms. The molecule has 0 amide bonds. The van der Waals surface area contributed by atoms with Gasteiger partial charge in [-0.05, 0) is 18.5 Å². The van der Waals surface area contributed by atoms with Crippen molar-refractivity contribution in [2.75, 3.05) is 32.8 Å². The van der Waals surface area contributed by atoms with Crippen LogP contribution in [0, 0.1) is 5.41 Å². The molecule has 0 fully saturated rings. The fraction of sp³-hybridized carbons (Fsp3) is 0.917. The minimum atomic E-state index is -0.568. The van der Waals surface area contributed by atoms with Gasteiger partial charge in [0, 0.05) is 6.54 Å². The largest absolute Gasteiger partial charge is 0.508 e. The Morgan fingerprint density at radius 3 is 2.12 bits per heavy atom. The molecule has 0 heterocycles. The number of carbonyl (C=O) groups is 1. The molecule has 0 saturated carbocycles. The Balaban J connectivity index is 3.58. The highest BCUT2D eigenvalue weighted by molar-refractivity contribution is 5.59. The molecule has 0 aromatic carbocycles. The fourth-order valence-corrected chi connectivity index (χ4v) is 1.12. The highest BCUT2D eigenvalue weighted by atomic mass is 16.7. The molecule has 0 aromatic heterocycles. The second-order valence-electron chi connectivity index (χ2n) is 4.97. The minimum Gasteiger partial charge on any atom is -0.434 e. The molecule has 0 aliphatic heterocycles. The van der Waals surface area contributed by atoms with E-state index in [4.69, 9.17) is 9.47 Å². The molecule has 4 nitrogen and oxygen atoms in total. The predicted octanol–water partition coefficient (Wildman–Crippen LogP) is 2.53. The van der Waals surface area contributed by atoms with E-state index in [1.807, 2.05) is 20.8 Å². The van der Waals surface area contributed by atoms with Crippen LogP contribution in [0.25, 0.3) is 0 Å². The summed E-state index contributed by atoms with van der Waals surface area (Å²) in [6.07, 6.45) is -0.568. The highest BCUT2D eigenvalue weighted by Gasteiger charge is 2.14. The van der Waals surface area contributed by atoms with Crippen LogP contribution in [-0.2, 0) is 9.47 Å². The smallest absolute Gasteiger partial charge is 0.434 e. The number of carbonyl (C=O) groups excluding carboxylic acids is 1. The van der Waals surface area contributed by atoms with Crippen molar-refractivity contribution in [3.8, 4) is 0 Å². The third kappa shape index (κ3) is 8.53. The summed E-state index contributed by atoms with van der Waals surface area (Å²) < 4.78 is 9.94. The Kier molecular flexibility index (Phi) is 7.13. The van der Waals surface area contributed by atoms with Crippen molar-refractivity contribution in [2.45, 2.75) is 34.6 Å². The molecule has 0 unspecified atom stereocenters. The van der Waals surface area contributed by atoms with Gasteiger partial charge in [0.25, 0.3) is 0 Å². The van der Waals surface area contributed by atoms with Gasteiger partial charge in [-0.2, -0.15) is 0 Å². The standard InChI is InChI=1S/C12H25NO3/c1-6-13(7-2)8-9-15-11(14)16-10-12(3,4)5/h6-10H2,1-5H3. The Bertz CT molecular complexity index is 195. The average Bonchev–Trinajstić information content (AvgIpc) is 2.20. The molecule has 96 valence electrons. The van der Waals surface area contributed by atoms with E-state index in [-0.39, 0.29) is 5.41 Å². The number of hydrogen-bond acceptors (Lipinski definition) is 4. The van der Waals surface area contributed by atoms with Crippen molar-refractivity contribution < 1.29 is 14.3 Å². The molecular weight excluding hydrogens is 206 g/mol. The summed E-state index contributed by atoms with van der Waals surface area (Å²) in [7, 11) is 0. The van der Waals surface area contributed by atoms with E-state index in [2.05, 4.69) is 18.7 Å². The molecule has 0 aromatic rings. The Morgan fingerprint density at radius 2 is 1.69 bits per heavy atom. The molecule has 0 aliphatic rings. The zero-order chi connectivity index (χ0) is 12.6. The van der Waals surface area contributed by atoms with Gasteiger partial charge in [-0.25, -0.2) is 4.79 Å². The van der Waals surface area contributed by atoms with E-state index in [9.17, 15) is 4.79 Å². The molecule has 4 heteroatoms. The lowest BCUT2D eigenvalue weighted by Gasteiger charge is -2.19. The van der Waals surface area contributed by atoms with E-state index < -0.39 is 6.16 Å². The lowest BCUT2D eigenvalue weighted by Crippen LogP contribution is -2.28. The van der Waals surface area contributed by atoms with Crippen LogP contribution < -0.4 is 0 Å². The lowest BCUT2D eigenvalue weighted by atomic mass is 9.99. The van der Waals surface area contributed by atoms with E-state index in [1.54, 1.807) is 0 Å². The Morgan fingerprint density at radius 1 is 1.12 bits per heavy atom. The number of nitrogens with zero attached hydrogens (tertiary/aromatic N) is 1. The second-order valence-corrected chi connectivity index (χ2v) is 4.97. The van der Waals surface area contributed by atoms with Crippen LogP contribution in [0.15, 0.2) is 0 Å². The Labute approximate surface area is 98.9 Å². The number of ether oxygens (including phenoxy) is 2. The molecule has 0 N–H and O–H groups in total. The first kappa shape index (κ1) is 15.2. The second kappa shape index (κ2) is 7.49. The molecule has 0 rings (SSSR count). The summed E-state index contributed by atoms with van der Waals surface area (Å²) in [5, 5.41) is 0. The first-order chi connectivity index (χ1) is 7.39. The van der Waals surface area contributed by atoms with E-state index >= 15 is 0 Å². The predicted molar refractivity (Wildman–Crippen MR) is 64.5 cm³/mol. The zero-order valence-electron chi connectivity index (χ0n) is 11.2. The monoisotopic (exact) mass is 231 g/mol. The molecule has 16 heavy (non-hydrogen) atoms. The third-order valence-electron chi connectivity index (χ3n) is 2.14. The van der Waals surface area contributed by atoms with Crippen molar-refractivity contribution in [1.82, 2.24) is 4.90 Å². The van der Waals surface area contributed by atoms with Gasteiger partial charge in [-0.15, -0.1) is 0 Å². The first-order valence-electron chi connectivity index (χ1n) is 5.91. The van der Waals surface area contributed by atoms with Crippen molar-refractivity contribution >= 4 is 6.16 Å². The van der Waals surface area contributed by atoms with Gasteiger partial charge >= 0.3 is 6.16 Å². The van der Waals surface area contributed by atoms with Gasteiger partial charge in [0.05, 0.1) is 6.61 Å². The van der Waals surface area contributed by atoms with Crippen LogP contribution >= 0.6 is 0 Å². The van der Waals surface area contributed by atoms with Crippen LogP contribution in [0.4, 0.5) is 4.79 Å². The summed E-state index contributed by atoms with van der Waals surface area (Å²) in [6.45, 7) is 13.7. The summed E-state index contributed by atoms with van der Waals surface area (Å²) in [4.78, 5) is 13.4. The van der Waals surface area contributed by atoms with Gasteiger partial charge in [-0.1, -0.05) is 34.6 Å². The van der Waals surface area contributed by atoms with Crippen molar-refractivity contribution in [3.05, 3.63) is 0 Å². The summed E-state index contributed by atoms with van der Waals surface area (Å²) >= 11 is 0. The van der Waals surface area contributed by atoms with Crippen molar-refractivity contribution in [3.63, 3.8) is 0 Å². The third-order valence-corrected chi connectivity index (χ3v) is 2.14. The molecular formula is C12H25NO3. The van der Waals surface area contributed by atoms with E-state index in [1.165, 1.54) is 0 Å². The summed E-state index contributed by atoms with van der Waals surface area (Å²) in [5.74, 6) is 0. The fourth-order valence-electron chi connectivity index (χ4n) is 1.12. The molecule has 0 atom stereocenters. The van der Waals surface area contributed by atoms with Crippen LogP contribution in [0.3, 0.4) is 0 Å². The molecule has 0 radical (unpaired) electrons. The van der Waals surface area contributed by atoms with Gasteiger partial charge in [0.15, 0.2) is 0 Å². The van der Waals surface area contributed by atoms with Crippen LogP contribution in [0.1, 0.15) is 34.6 Å².